The molecule has 0 bridgehead atoms. The summed E-state index contributed by atoms with van der Waals surface area (Å²) >= 11 is 0. The van der Waals surface area contributed by atoms with Gasteiger partial charge in [0.1, 0.15) is 13.2 Å². The van der Waals surface area contributed by atoms with E-state index in [1.807, 2.05) is 0 Å². The van der Waals surface area contributed by atoms with E-state index in [-0.39, 0.29) is 31.1 Å². The van der Waals surface area contributed by atoms with Gasteiger partial charge in [0.25, 0.3) is 0 Å². The monoisotopic (exact) mass is 903 g/mol. The van der Waals surface area contributed by atoms with Crippen molar-refractivity contribution in [3.05, 3.63) is 97.2 Å². The summed E-state index contributed by atoms with van der Waals surface area (Å²) in [5, 5.41) is 0. The summed E-state index contributed by atoms with van der Waals surface area (Å²) in [6, 6.07) is 0. The molecule has 0 heterocycles. The minimum Gasteiger partial charge on any atom is -0.462 e. The lowest BCUT2D eigenvalue weighted by atomic mass is 10.1. The third-order valence-electron chi connectivity index (χ3n) is 11.1. The van der Waals surface area contributed by atoms with E-state index in [1.165, 1.54) is 64.2 Å². The Morgan fingerprint density at radius 3 is 0.938 bits per heavy atom. The molecular formula is C59H98O6. The van der Waals surface area contributed by atoms with Gasteiger partial charge < -0.3 is 14.2 Å². The lowest BCUT2D eigenvalue weighted by Gasteiger charge is -2.18. The molecule has 0 saturated carbocycles. The maximum absolute atomic E-state index is 12.8. The van der Waals surface area contributed by atoms with Gasteiger partial charge >= 0.3 is 17.9 Å². The largest absolute Gasteiger partial charge is 0.462 e. The average Bonchev–Trinajstić information content (AvgIpc) is 3.30. The molecule has 0 saturated heterocycles. The zero-order valence-corrected chi connectivity index (χ0v) is 42.2. The molecule has 0 aromatic rings. The Bertz CT molecular complexity index is 1310. The van der Waals surface area contributed by atoms with Crippen LogP contribution in [-0.2, 0) is 28.6 Å². The zero-order chi connectivity index (χ0) is 47.2. The Kier molecular flexibility index (Phi) is 50.0. The predicted octanol–water partition coefficient (Wildman–Crippen LogP) is 17.8. The van der Waals surface area contributed by atoms with E-state index in [2.05, 4.69) is 118 Å². The lowest BCUT2D eigenvalue weighted by Crippen LogP contribution is -2.30. The van der Waals surface area contributed by atoms with Gasteiger partial charge in [0.15, 0.2) is 6.10 Å². The second-order valence-corrected chi connectivity index (χ2v) is 17.4. The molecule has 0 spiro atoms. The maximum Gasteiger partial charge on any atom is 0.306 e. The van der Waals surface area contributed by atoms with E-state index < -0.39 is 6.10 Å². The molecule has 6 nitrogen and oxygen atoms in total. The molecule has 65 heavy (non-hydrogen) atoms. The molecule has 0 aliphatic heterocycles. The molecule has 1 atom stereocenters. The molecule has 0 aromatic carbocycles. The van der Waals surface area contributed by atoms with Gasteiger partial charge in [-0.25, -0.2) is 0 Å². The van der Waals surface area contributed by atoms with Gasteiger partial charge in [-0.3, -0.25) is 14.4 Å². The van der Waals surface area contributed by atoms with Gasteiger partial charge in [-0.15, -0.1) is 0 Å². The van der Waals surface area contributed by atoms with Gasteiger partial charge in [-0.2, -0.15) is 0 Å². The van der Waals surface area contributed by atoms with Gasteiger partial charge in [0, 0.05) is 19.3 Å². The third kappa shape index (κ3) is 51.2. The minimum absolute atomic E-state index is 0.0876. The highest BCUT2D eigenvalue weighted by Crippen LogP contribution is 2.14. The van der Waals surface area contributed by atoms with E-state index >= 15 is 0 Å². The average molecular weight is 903 g/mol. The molecule has 0 aliphatic rings. The summed E-state index contributed by atoms with van der Waals surface area (Å²) in [7, 11) is 0. The molecule has 6 heteroatoms. The molecule has 0 aromatic heterocycles. The predicted molar refractivity (Wildman–Crippen MR) is 279 cm³/mol. The topological polar surface area (TPSA) is 78.9 Å². The second kappa shape index (κ2) is 52.9. The zero-order valence-electron chi connectivity index (χ0n) is 42.2. The van der Waals surface area contributed by atoms with Gasteiger partial charge in [-0.1, -0.05) is 221 Å². The van der Waals surface area contributed by atoms with Crippen molar-refractivity contribution < 1.29 is 28.6 Å². The van der Waals surface area contributed by atoms with Crippen molar-refractivity contribution >= 4 is 17.9 Å². The van der Waals surface area contributed by atoms with E-state index in [4.69, 9.17) is 14.2 Å². The number of rotatable bonds is 47. The van der Waals surface area contributed by atoms with Crippen LogP contribution in [0.25, 0.3) is 0 Å². The molecular weight excluding hydrogens is 805 g/mol. The highest BCUT2D eigenvalue weighted by molar-refractivity contribution is 5.71. The van der Waals surface area contributed by atoms with Crippen LogP contribution >= 0.6 is 0 Å². The van der Waals surface area contributed by atoms with E-state index in [0.717, 1.165) is 135 Å². The number of ether oxygens (including phenoxy) is 3. The first kappa shape index (κ1) is 61.3. The molecule has 0 fully saturated rings. The first-order valence-electron chi connectivity index (χ1n) is 26.7. The van der Waals surface area contributed by atoms with Crippen LogP contribution in [0, 0.1) is 0 Å². The maximum atomic E-state index is 12.8. The fourth-order valence-corrected chi connectivity index (χ4v) is 7.13. The smallest absolute Gasteiger partial charge is 0.306 e. The Morgan fingerprint density at radius 1 is 0.323 bits per heavy atom. The van der Waals surface area contributed by atoms with Gasteiger partial charge in [0.05, 0.1) is 0 Å². The summed E-state index contributed by atoms with van der Waals surface area (Å²) < 4.78 is 16.8. The van der Waals surface area contributed by atoms with E-state index in [1.54, 1.807) is 0 Å². The molecule has 1 unspecified atom stereocenters. The number of carbonyl (C=O) groups is 3. The highest BCUT2D eigenvalue weighted by atomic mass is 16.6. The van der Waals surface area contributed by atoms with Crippen LogP contribution in [0.3, 0.4) is 0 Å². The molecule has 0 radical (unpaired) electrons. The fourth-order valence-electron chi connectivity index (χ4n) is 7.13. The van der Waals surface area contributed by atoms with Crippen LogP contribution in [-0.4, -0.2) is 37.2 Å². The summed E-state index contributed by atoms with van der Waals surface area (Å²) in [5.41, 5.74) is 0. The van der Waals surface area contributed by atoms with Crippen LogP contribution in [0.1, 0.15) is 239 Å². The number of carbonyl (C=O) groups excluding carboxylic acids is 3. The standard InChI is InChI=1S/C59H98O6/c1-4-7-10-13-16-19-21-23-25-27-28-29-30-32-33-35-37-40-43-46-49-52-58(61)64-55-56(54-63-57(60)51-48-45-42-39-18-15-12-9-6-3)65-59(62)53-50-47-44-41-38-36-34-31-26-24-22-20-17-14-11-8-5-2/h7-8,10-11,16-17,19-20,23-26,28-29,32-33,56H,4-6,9,12-15,18,21-22,27,30-31,34-55H2,1-3H3/b10-7-,11-8-,19-16-,20-17-,25-23-,26-24-,29-28-,33-32-. The summed E-state index contributed by atoms with van der Waals surface area (Å²) in [4.78, 5) is 38.0. The van der Waals surface area contributed by atoms with Crippen LogP contribution in [0.15, 0.2) is 97.2 Å². The van der Waals surface area contributed by atoms with Crippen molar-refractivity contribution in [1.29, 1.82) is 0 Å². The minimum atomic E-state index is -0.789. The Morgan fingerprint density at radius 2 is 0.600 bits per heavy atom. The Balaban J connectivity index is 4.37. The first-order chi connectivity index (χ1) is 32.0. The van der Waals surface area contributed by atoms with Crippen molar-refractivity contribution in [3.63, 3.8) is 0 Å². The van der Waals surface area contributed by atoms with Crippen molar-refractivity contribution in [2.24, 2.45) is 0 Å². The van der Waals surface area contributed by atoms with Crippen molar-refractivity contribution in [2.45, 2.75) is 245 Å². The normalized spacial score (nSPS) is 12.8. The van der Waals surface area contributed by atoms with E-state index in [9.17, 15) is 14.4 Å². The number of hydrogen-bond donors (Lipinski definition) is 0. The third-order valence-corrected chi connectivity index (χ3v) is 11.1. The van der Waals surface area contributed by atoms with E-state index in [0.29, 0.717) is 19.3 Å². The highest BCUT2D eigenvalue weighted by Gasteiger charge is 2.19. The van der Waals surface area contributed by atoms with Crippen molar-refractivity contribution in [1.82, 2.24) is 0 Å². The quantitative estimate of drug-likeness (QED) is 0.0262. The molecule has 0 N–H and O–H groups in total. The number of allylic oxidation sites excluding steroid dienone is 16. The van der Waals surface area contributed by atoms with Gasteiger partial charge in [0.2, 0.25) is 0 Å². The van der Waals surface area contributed by atoms with Gasteiger partial charge in [-0.05, 0) is 96.3 Å². The van der Waals surface area contributed by atoms with Crippen molar-refractivity contribution in [3.8, 4) is 0 Å². The second-order valence-electron chi connectivity index (χ2n) is 17.4. The van der Waals surface area contributed by atoms with Crippen LogP contribution in [0.4, 0.5) is 0 Å². The number of esters is 3. The fraction of sp³-hybridized carbons (Fsp3) is 0.678. The summed E-state index contributed by atoms with van der Waals surface area (Å²) in [5.74, 6) is -0.921. The molecule has 0 aliphatic carbocycles. The van der Waals surface area contributed by atoms with Crippen LogP contribution < -0.4 is 0 Å². The lowest BCUT2D eigenvalue weighted by molar-refractivity contribution is -0.167. The Hall–Kier alpha value is -3.67. The summed E-state index contributed by atoms with van der Waals surface area (Å²) in [6.45, 7) is 6.37. The molecule has 370 valence electrons. The first-order valence-corrected chi connectivity index (χ1v) is 26.7. The van der Waals surface area contributed by atoms with Crippen LogP contribution in [0.5, 0.6) is 0 Å². The van der Waals surface area contributed by atoms with Crippen LogP contribution in [0.2, 0.25) is 0 Å². The number of hydrogen-bond acceptors (Lipinski definition) is 6. The number of unbranched alkanes of at least 4 members (excludes halogenated alkanes) is 20. The van der Waals surface area contributed by atoms with Crippen molar-refractivity contribution in [2.75, 3.05) is 13.2 Å². The molecule has 0 rings (SSSR count). The summed E-state index contributed by atoms with van der Waals surface area (Å²) in [6.07, 6.45) is 69.6. The SMILES string of the molecule is CC/C=C\C/C=C\C/C=C\C/C=C\C/C=C\CCCCCCCC(=O)OCC(COC(=O)CCCCCCCCCCC)OC(=O)CCCCCCCCC/C=C\C/C=C\C/C=C\CC. The Labute approximate surface area is 400 Å². The molecule has 0 amide bonds.